The van der Waals surface area contributed by atoms with Gasteiger partial charge in [0.25, 0.3) is 5.91 Å². The Morgan fingerprint density at radius 1 is 1.11 bits per heavy atom. The molecule has 2 N–H and O–H groups in total. The van der Waals surface area contributed by atoms with Crippen LogP contribution in [0.3, 0.4) is 0 Å². The van der Waals surface area contributed by atoms with Crippen LogP contribution in [0.2, 0.25) is 0 Å². The summed E-state index contributed by atoms with van der Waals surface area (Å²) in [5, 5.41) is 6.65. The van der Waals surface area contributed by atoms with Crippen LogP contribution in [0.15, 0.2) is 48.5 Å². The van der Waals surface area contributed by atoms with Gasteiger partial charge in [0.1, 0.15) is 5.01 Å². The Kier molecular flexibility index (Phi) is 6.60. The molecule has 0 aliphatic rings. The molecule has 0 radical (unpaired) electrons. The van der Waals surface area contributed by atoms with Gasteiger partial charge in [-0.2, -0.15) is 0 Å². The molecule has 146 valence electrons. The fraction of sp³-hybridized carbons (Fsp3) is 0.286. The van der Waals surface area contributed by atoms with E-state index in [4.69, 9.17) is 0 Å². The number of rotatable bonds is 7. The summed E-state index contributed by atoms with van der Waals surface area (Å²) >= 11 is 1.59. The molecular weight excluding hydrogens is 372 g/mol. The molecule has 0 aliphatic carbocycles. The largest absolute Gasteiger partial charge is 0.352 e. The molecule has 0 unspecified atom stereocenters. The van der Waals surface area contributed by atoms with E-state index in [9.17, 15) is 9.59 Å². The zero-order chi connectivity index (χ0) is 19.9. The summed E-state index contributed by atoms with van der Waals surface area (Å²) in [5.74, 6) is -0.0945. The van der Waals surface area contributed by atoms with Crippen LogP contribution in [-0.2, 0) is 13.1 Å². The van der Waals surface area contributed by atoms with Crippen molar-refractivity contribution in [2.45, 2.75) is 26.4 Å². The molecule has 2 aromatic carbocycles. The smallest absolute Gasteiger partial charge is 0.317 e. The minimum Gasteiger partial charge on any atom is -0.352 e. The van der Waals surface area contributed by atoms with Crippen LogP contribution in [0.1, 0.15) is 34.3 Å². The summed E-state index contributed by atoms with van der Waals surface area (Å²) in [6.45, 7) is 3.47. The van der Waals surface area contributed by atoms with Crippen molar-refractivity contribution in [1.29, 1.82) is 0 Å². The lowest BCUT2D eigenvalue weighted by molar-refractivity contribution is 0.0953. The number of hydrogen-bond acceptors (Lipinski definition) is 4. The fourth-order valence-electron chi connectivity index (χ4n) is 2.74. The Morgan fingerprint density at radius 2 is 1.93 bits per heavy atom. The third kappa shape index (κ3) is 5.07. The van der Waals surface area contributed by atoms with Crippen LogP contribution in [-0.4, -0.2) is 35.4 Å². The number of carbonyl (C=O) groups excluding carboxylic acids is 2. The van der Waals surface area contributed by atoms with E-state index < -0.39 is 0 Å². The van der Waals surface area contributed by atoms with Gasteiger partial charge in [-0.1, -0.05) is 31.2 Å². The van der Waals surface area contributed by atoms with Crippen molar-refractivity contribution in [2.75, 3.05) is 13.6 Å². The number of fused-ring (bicyclic) bond motifs is 1. The molecule has 1 heterocycles. The highest BCUT2D eigenvalue weighted by Gasteiger charge is 2.12. The third-order valence-electron chi connectivity index (χ3n) is 4.23. The summed E-state index contributed by atoms with van der Waals surface area (Å²) in [6, 6.07) is 15.1. The highest BCUT2D eigenvalue weighted by molar-refractivity contribution is 7.18. The van der Waals surface area contributed by atoms with E-state index in [1.54, 1.807) is 35.4 Å². The molecule has 0 bridgehead atoms. The lowest BCUT2D eigenvalue weighted by Crippen LogP contribution is -2.36. The van der Waals surface area contributed by atoms with Gasteiger partial charge in [0.15, 0.2) is 0 Å². The maximum atomic E-state index is 12.4. The maximum absolute atomic E-state index is 12.4. The molecule has 28 heavy (non-hydrogen) atoms. The van der Waals surface area contributed by atoms with E-state index in [1.807, 2.05) is 43.3 Å². The molecular formula is C21H24N4O2S. The first-order chi connectivity index (χ1) is 13.6. The molecule has 0 atom stereocenters. The monoisotopic (exact) mass is 396 g/mol. The number of thiazole rings is 1. The van der Waals surface area contributed by atoms with Crippen LogP contribution in [0.4, 0.5) is 4.79 Å². The second kappa shape index (κ2) is 9.32. The van der Waals surface area contributed by atoms with Crippen molar-refractivity contribution in [3.05, 3.63) is 64.7 Å². The second-order valence-electron chi connectivity index (χ2n) is 6.55. The predicted octanol–water partition coefficient (Wildman–Crippen LogP) is 3.78. The first-order valence-corrected chi connectivity index (χ1v) is 10.1. The molecule has 7 heteroatoms. The third-order valence-corrected chi connectivity index (χ3v) is 5.25. The molecule has 0 aliphatic heterocycles. The topological polar surface area (TPSA) is 74.3 Å². The van der Waals surface area contributed by atoms with E-state index in [0.717, 1.165) is 27.2 Å². The van der Waals surface area contributed by atoms with Gasteiger partial charge >= 0.3 is 6.03 Å². The van der Waals surface area contributed by atoms with E-state index in [2.05, 4.69) is 15.6 Å². The van der Waals surface area contributed by atoms with E-state index in [1.165, 1.54) is 0 Å². The van der Waals surface area contributed by atoms with Gasteiger partial charge < -0.3 is 15.5 Å². The summed E-state index contributed by atoms with van der Waals surface area (Å²) < 4.78 is 1.12. The lowest BCUT2D eigenvalue weighted by atomic mass is 10.1. The minimum absolute atomic E-state index is 0.0945. The summed E-state index contributed by atoms with van der Waals surface area (Å²) in [4.78, 5) is 30.6. The Labute approximate surface area is 168 Å². The van der Waals surface area contributed by atoms with Gasteiger partial charge in [0.2, 0.25) is 0 Å². The SMILES string of the molecule is CCCNC(=O)c1cccc(CNC(=O)N(C)Cc2nc3ccccc3s2)c1. The number of nitrogens with zero attached hydrogens (tertiary/aromatic N) is 2. The van der Waals surface area contributed by atoms with Crippen molar-refractivity contribution in [3.8, 4) is 0 Å². The molecule has 0 saturated carbocycles. The Balaban J connectivity index is 1.55. The molecule has 6 nitrogen and oxygen atoms in total. The number of urea groups is 1. The quantitative estimate of drug-likeness (QED) is 0.638. The lowest BCUT2D eigenvalue weighted by Gasteiger charge is -2.16. The average Bonchev–Trinajstić information content (AvgIpc) is 3.12. The zero-order valence-electron chi connectivity index (χ0n) is 16.1. The first-order valence-electron chi connectivity index (χ1n) is 9.27. The number of carbonyl (C=O) groups is 2. The van der Waals surface area contributed by atoms with Crippen molar-refractivity contribution < 1.29 is 9.59 Å². The van der Waals surface area contributed by atoms with Gasteiger partial charge in [0, 0.05) is 25.7 Å². The number of aromatic nitrogens is 1. The van der Waals surface area contributed by atoms with Crippen molar-refractivity contribution in [3.63, 3.8) is 0 Å². The second-order valence-corrected chi connectivity index (χ2v) is 7.66. The number of nitrogens with one attached hydrogen (secondary N) is 2. The molecule has 1 aromatic heterocycles. The van der Waals surface area contributed by atoms with Gasteiger partial charge in [-0.3, -0.25) is 4.79 Å². The first kappa shape index (κ1) is 19.8. The Hall–Kier alpha value is -2.93. The maximum Gasteiger partial charge on any atom is 0.317 e. The normalized spacial score (nSPS) is 10.6. The predicted molar refractivity (Wildman–Crippen MR) is 112 cm³/mol. The zero-order valence-corrected chi connectivity index (χ0v) is 16.9. The van der Waals surface area contributed by atoms with Crippen LogP contribution < -0.4 is 10.6 Å². The molecule has 3 aromatic rings. The number of para-hydroxylation sites is 1. The summed E-state index contributed by atoms with van der Waals surface area (Å²) in [6.07, 6.45) is 0.891. The standard InChI is InChI=1S/C21H24N4O2S/c1-3-11-22-20(26)16-8-6-7-15(12-16)13-23-21(27)25(2)14-19-24-17-9-4-5-10-18(17)28-19/h4-10,12H,3,11,13-14H2,1-2H3,(H,22,26)(H,23,27). The van der Waals surface area contributed by atoms with E-state index in [-0.39, 0.29) is 11.9 Å². The summed E-state index contributed by atoms with van der Waals surface area (Å²) in [7, 11) is 1.75. The molecule has 0 fully saturated rings. The van der Waals surface area contributed by atoms with Crippen molar-refractivity contribution in [1.82, 2.24) is 20.5 Å². The van der Waals surface area contributed by atoms with Gasteiger partial charge in [-0.25, -0.2) is 9.78 Å². The number of amides is 3. The van der Waals surface area contributed by atoms with Crippen LogP contribution in [0.25, 0.3) is 10.2 Å². The molecule has 0 spiro atoms. The van der Waals surface area contributed by atoms with E-state index >= 15 is 0 Å². The number of benzene rings is 2. The fourth-order valence-corrected chi connectivity index (χ4v) is 3.76. The van der Waals surface area contributed by atoms with Gasteiger partial charge in [0.05, 0.1) is 16.8 Å². The van der Waals surface area contributed by atoms with Gasteiger partial charge in [-0.15, -0.1) is 11.3 Å². The van der Waals surface area contributed by atoms with Gasteiger partial charge in [-0.05, 0) is 36.2 Å². The summed E-state index contributed by atoms with van der Waals surface area (Å²) in [5.41, 5.74) is 2.43. The minimum atomic E-state index is -0.180. The van der Waals surface area contributed by atoms with Crippen LogP contribution in [0.5, 0.6) is 0 Å². The van der Waals surface area contributed by atoms with Crippen molar-refractivity contribution >= 4 is 33.5 Å². The number of hydrogen-bond donors (Lipinski definition) is 2. The Bertz CT molecular complexity index is 937. The highest BCUT2D eigenvalue weighted by atomic mass is 32.1. The Morgan fingerprint density at radius 3 is 2.71 bits per heavy atom. The highest BCUT2D eigenvalue weighted by Crippen LogP contribution is 2.22. The molecule has 3 rings (SSSR count). The molecule has 0 saturated heterocycles. The van der Waals surface area contributed by atoms with E-state index in [0.29, 0.717) is 25.2 Å². The van der Waals surface area contributed by atoms with Crippen molar-refractivity contribution in [2.24, 2.45) is 0 Å². The van der Waals surface area contributed by atoms with Crippen LogP contribution in [0, 0.1) is 0 Å². The average molecular weight is 397 g/mol. The molecule has 3 amide bonds. The van der Waals surface area contributed by atoms with Crippen LogP contribution >= 0.6 is 11.3 Å².